The van der Waals surface area contributed by atoms with Crippen molar-refractivity contribution < 1.29 is 15.2 Å². The summed E-state index contributed by atoms with van der Waals surface area (Å²) in [6.45, 7) is 7.37. The molecule has 0 bridgehead atoms. The molecule has 1 aliphatic heterocycles. The second-order valence-electron chi connectivity index (χ2n) is 8.02. The molecule has 0 saturated carbocycles. The fourth-order valence-corrected chi connectivity index (χ4v) is 4.51. The number of hydrogen-bond donors (Lipinski definition) is 2. The van der Waals surface area contributed by atoms with Gasteiger partial charge in [-0.3, -0.25) is 4.90 Å². The van der Waals surface area contributed by atoms with E-state index in [0.29, 0.717) is 6.54 Å². The van der Waals surface area contributed by atoms with Gasteiger partial charge in [0.1, 0.15) is 5.82 Å². The van der Waals surface area contributed by atoms with E-state index in [0.717, 1.165) is 42.6 Å². The van der Waals surface area contributed by atoms with Gasteiger partial charge in [-0.1, -0.05) is 35.9 Å². The van der Waals surface area contributed by atoms with Gasteiger partial charge in [0, 0.05) is 56.2 Å². The van der Waals surface area contributed by atoms with E-state index in [2.05, 4.69) is 52.3 Å². The highest BCUT2D eigenvalue weighted by Crippen LogP contribution is 2.28. The molecule has 0 aliphatic carbocycles. The summed E-state index contributed by atoms with van der Waals surface area (Å²) in [5.41, 5.74) is 3.17. The van der Waals surface area contributed by atoms with E-state index in [-0.39, 0.29) is 22.4 Å². The maximum atomic E-state index is 11.2. The summed E-state index contributed by atoms with van der Waals surface area (Å²) < 4.78 is 4.55. The number of benzene rings is 2. The number of phenolic OH excluding ortho intramolecular Hbond substituents is 1. The van der Waals surface area contributed by atoms with Crippen LogP contribution in [0.3, 0.4) is 0 Å². The molecule has 1 saturated heterocycles. The van der Waals surface area contributed by atoms with Crippen LogP contribution in [0.25, 0.3) is 0 Å². The Labute approximate surface area is 185 Å². The molecule has 0 amide bonds. The lowest BCUT2D eigenvalue weighted by molar-refractivity contribution is -0.730. The number of aromatic hydroxyl groups is 1. The Bertz CT molecular complexity index is 1070. The van der Waals surface area contributed by atoms with E-state index in [4.69, 9.17) is 10.2 Å². The zero-order valence-electron chi connectivity index (χ0n) is 17.6. The summed E-state index contributed by atoms with van der Waals surface area (Å²) in [4.78, 5) is 20.2. The molecule has 1 atom stereocenters. The van der Waals surface area contributed by atoms with Gasteiger partial charge < -0.3 is 10.0 Å². The van der Waals surface area contributed by atoms with Crippen LogP contribution in [0.1, 0.15) is 29.4 Å². The van der Waals surface area contributed by atoms with Gasteiger partial charge in [-0.05, 0) is 31.0 Å². The smallest absolute Gasteiger partial charge is 0.358 e. The Morgan fingerprint density at radius 1 is 1.16 bits per heavy atom. The number of piperazine rings is 1. The predicted octanol–water partition coefficient (Wildman–Crippen LogP) is 3.65. The standard InChI is InChI=1S/C22H25N5O3S/c1-15-3-5-17(6-4-15)12-21-23-22(31-24-21)26-10-9-25(16(2)13-26)14-18-7-8-20(28)19(11-18)27(29)30/h3-8,11,16H,9-10,12-14H2,1-2H3,(H-,28,29,30)/p+1. The first-order chi connectivity index (χ1) is 14.9. The largest absolute Gasteiger partial charge is 0.502 e. The molecule has 1 unspecified atom stereocenters. The molecule has 4 rings (SSSR count). The number of rotatable bonds is 6. The third kappa shape index (κ3) is 5.00. The maximum Gasteiger partial charge on any atom is 0.358 e. The van der Waals surface area contributed by atoms with E-state index in [1.165, 1.54) is 34.8 Å². The van der Waals surface area contributed by atoms with Crippen molar-refractivity contribution in [3.05, 3.63) is 69.9 Å². The molecule has 9 heteroatoms. The van der Waals surface area contributed by atoms with Crippen LogP contribution in [0.4, 0.5) is 10.8 Å². The van der Waals surface area contributed by atoms with Gasteiger partial charge in [-0.2, -0.15) is 4.37 Å². The van der Waals surface area contributed by atoms with Crippen molar-refractivity contribution in [2.24, 2.45) is 0 Å². The van der Waals surface area contributed by atoms with Crippen molar-refractivity contribution in [2.75, 3.05) is 24.5 Å². The second-order valence-corrected chi connectivity index (χ2v) is 8.75. The summed E-state index contributed by atoms with van der Waals surface area (Å²) in [5, 5.41) is 19.8. The molecular weight excluding hydrogens is 414 g/mol. The summed E-state index contributed by atoms with van der Waals surface area (Å²) in [7, 11) is 0. The average molecular weight is 441 g/mol. The number of hydrogen-bond acceptors (Lipinski definition) is 7. The van der Waals surface area contributed by atoms with E-state index >= 15 is 0 Å². The van der Waals surface area contributed by atoms with Gasteiger partial charge in [-0.15, -0.1) is 0 Å². The number of aromatic nitrogens is 2. The fraction of sp³-hybridized carbons (Fsp3) is 0.364. The minimum atomic E-state index is -0.302. The lowest BCUT2D eigenvalue weighted by atomic mass is 10.1. The molecule has 31 heavy (non-hydrogen) atoms. The van der Waals surface area contributed by atoms with Crippen molar-refractivity contribution in [3.63, 3.8) is 0 Å². The highest BCUT2D eigenvalue weighted by Gasteiger charge is 2.27. The highest BCUT2D eigenvalue weighted by molar-refractivity contribution is 7.09. The fourth-order valence-electron chi connectivity index (χ4n) is 3.79. The molecule has 162 valence electrons. The van der Waals surface area contributed by atoms with Gasteiger partial charge in [0.15, 0.2) is 5.75 Å². The Kier molecular flexibility index (Phi) is 6.15. The molecule has 0 spiro atoms. The first kappa shape index (κ1) is 21.2. The molecule has 2 N–H and O–H groups in total. The minimum Gasteiger partial charge on any atom is -0.502 e. The summed E-state index contributed by atoms with van der Waals surface area (Å²) in [5.74, 6) is 0.610. The molecule has 8 nitrogen and oxygen atoms in total. The Morgan fingerprint density at radius 2 is 1.90 bits per heavy atom. The molecule has 2 aromatic carbocycles. The summed E-state index contributed by atoms with van der Waals surface area (Å²) >= 11 is 1.44. The lowest BCUT2D eigenvalue weighted by Gasteiger charge is -2.39. The topological polar surface area (TPSA) is 92.8 Å². The van der Waals surface area contributed by atoms with Crippen LogP contribution in [0.15, 0.2) is 42.5 Å². The second kappa shape index (κ2) is 8.99. The molecule has 1 fully saturated rings. The van der Waals surface area contributed by atoms with Crippen LogP contribution in [0.2, 0.25) is 0 Å². The molecule has 2 heterocycles. The SMILES string of the molecule is Cc1ccc(Cc2nsc(N3CCN(Cc4ccc(O)c([N+](=O)O)c4)C(C)C3)n2)cc1. The van der Waals surface area contributed by atoms with Gasteiger partial charge in [0.2, 0.25) is 5.13 Å². The van der Waals surface area contributed by atoms with Crippen LogP contribution in [0, 0.1) is 11.8 Å². The molecule has 3 aromatic rings. The summed E-state index contributed by atoms with van der Waals surface area (Å²) in [6.07, 6.45) is 0.733. The van der Waals surface area contributed by atoms with Crippen molar-refractivity contribution in [2.45, 2.75) is 32.9 Å². The first-order valence-electron chi connectivity index (χ1n) is 10.2. The summed E-state index contributed by atoms with van der Waals surface area (Å²) in [6, 6.07) is 13.4. The van der Waals surface area contributed by atoms with Gasteiger partial charge in [-0.25, -0.2) is 10.2 Å². The van der Waals surface area contributed by atoms with Gasteiger partial charge >= 0.3 is 5.69 Å². The molecule has 1 aliphatic rings. The third-order valence-electron chi connectivity index (χ3n) is 5.61. The minimum absolute atomic E-state index is 0.140. The normalized spacial score (nSPS) is 17.1. The van der Waals surface area contributed by atoms with Gasteiger partial charge in [0.05, 0.1) is 4.91 Å². The van der Waals surface area contributed by atoms with Crippen molar-refractivity contribution in [1.82, 2.24) is 14.3 Å². The molecule has 0 radical (unpaired) electrons. The Hall–Kier alpha value is -3.04. The van der Waals surface area contributed by atoms with E-state index in [1.807, 2.05) is 0 Å². The monoisotopic (exact) mass is 440 g/mol. The van der Waals surface area contributed by atoms with Crippen LogP contribution in [-0.4, -0.2) is 55.2 Å². The number of nitrogens with zero attached hydrogens (tertiary/aromatic N) is 5. The lowest BCUT2D eigenvalue weighted by Crippen LogP contribution is -2.51. The van der Waals surface area contributed by atoms with Crippen molar-refractivity contribution in [1.29, 1.82) is 0 Å². The molecule has 1 aromatic heterocycles. The number of aryl methyl sites for hydroxylation is 1. The van der Waals surface area contributed by atoms with Crippen molar-refractivity contribution in [3.8, 4) is 5.75 Å². The van der Waals surface area contributed by atoms with Crippen LogP contribution >= 0.6 is 11.5 Å². The van der Waals surface area contributed by atoms with E-state index in [1.54, 1.807) is 6.07 Å². The molecular formula is C22H26N5O3S+. The predicted molar refractivity (Wildman–Crippen MR) is 119 cm³/mol. The number of phenols is 1. The number of anilines is 1. The van der Waals surface area contributed by atoms with E-state index < -0.39 is 0 Å². The van der Waals surface area contributed by atoms with Crippen LogP contribution < -0.4 is 4.90 Å². The average Bonchev–Trinajstić information content (AvgIpc) is 3.21. The maximum absolute atomic E-state index is 11.2. The third-order valence-corrected chi connectivity index (χ3v) is 6.42. The van der Waals surface area contributed by atoms with Crippen molar-refractivity contribution >= 4 is 22.4 Å². The van der Waals surface area contributed by atoms with Gasteiger partial charge in [0.25, 0.3) is 4.92 Å². The van der Waals surface area contributed by atoms with Crippen LogP contribution in [-0.2, 0) is 13.0 Å². The highest BCUT2D eigenvalue weighted by atomic mass is 32.1. The first-order valence-corrected chi connectivity index (χ1v) is 11.0. The van der Waals surface area contributed by atoms with E-state index in [9.17, 15) is 10.0 Å². The Morgan fingerprint density at radius 3 is 2.61 bits per heavy atom. The Balaban J connectivity index is 1.37. The quantitative estimate of drug-likeness (QED) is 0.565. The zero-order chi connectivity index (χ0) is 22.0. The zero-order valence-corrected chi connectivity index (χ0v) is 18.4. The van der Waals surface area contributed by atoms with Crippen LogP contribution in [0.5, 0.6) is 5.75 Å².